The zero-order chi connectivity index (χ0) is 22.9. The van der Waals surface area contributed by atoms with Crippen LogP contribution in [0.15, 0.2) is 48.5 Å². The Labute approximate surface area is 193 Å². The van der Waals surface area contributed by atoms with Crippen molar-refractivity contribution in [3.63, 3.8) is 0 Å². The van der Waals surface area contributed by atoms with Crippen LogP contribution < -0.4 is 10.1 Å². The molecule has 3 rings (SSSR count). The fourth-order valence-corrected chi connectivity index (χ4v) is 4.30. The number of nitrogens with one attached hydrogen (secondary N) is 1. The monoisotopic (exact) mass is 459 g/mol. The van der Waals surface area contributed by atoms with E-state index in [9.17, 15) is 14.0 Å². The van der Waals surface area contributed by atoms with Crippen molar-refractivity contribution in [3.05, 3.63) is 59.9 Å². The van der Waals surface area contributed by atoms with Crippen LogP contribution in [0.1, 0.15) is 12.5 Å². The van der Waals surface area contributed by atoms with Crippen molar-refractivity contribution in [1.29, 1.82) is 0 Å². The van der Waals surface area contributed by atoms with E-state index < -0.39 is 0 Å². The molecule has 1 aliphatic rings. The maximum atomic E-state index is 12.9. The van der Waals surface area contributed by atoms with Crippen molar-refractivity contribution in [3.8, 4) is 5.75 Å². The van der Waals surface area contributed by atoms with Gasteiger partial charge in [0.1, 0.15) is 11.6 Å². The number of anilines is 1. The first-order valence-corrected chi connectivity index (χ1v) is 11.8. The lowest BCUT2D eigenvalue weighted by Gasteiger charge is -2.35. The van der Waals surface area contributed by atoms with Crippen molar-refractivity contribution in [1.82, 2.24) is 9.80 Å². The molecule has 1 aliphatic heterocycles. The largest absolute Gasteiger partial charge is 0.497 e. The Bertz CT molecular complexity index is 884. The number of hydrogen-bond acceptors (Lipinski definition) is 5. The molecule has 0 bridgehead atoms. The highest BCUT2D eigenvalue weighted by Gasteiger charge is 2.25. The van der Waals surface area contributed by atoms with E-state index in [1.807, 2.05) is 24.0 Å². The van der Waals surface area contributed by atoms with Crippen molar-refractivity contribution >= 4 is 29.3 Å². The Balaban J connectivity index is 1.35. The van der Waals surface area contributed by atoms with E-state index in [0.29, 0.717) is 18.8 Å². The quantitative estimate of drug-likeness (QED) is 0.624. The van der Waals surface area contributed by atoms with E-state index in [1.54, 1.807) is 7.11 Å². The van der Waals surface area contributed by atoms with Gasteiger partial charge in [0.15, 0.2) is 0 Å². The fourth-order valence-electron chi connectivity index (χ4n) is 3.53. The number of ether oxygens (including phenoxy) is 1. The van der Waals surface area contributed by atoms with Gasteiger partial charge in [-0.1, -0.05) is 12.1 Å². The lowest BCUT2D eigenvalue weighted by atomic mass is 10.1. The molecule has 2 aromatic carbocycles. The standard InChI is InChI=1S/C24H30FN3O3S/c1-18(32-17-23(29)26-21-7-5-20(25)6-8-21)24(30)28-15-13-27(14-16-28)12-11-19-3-9-22(31-2)10-4-19/h3-10,18H,11-17H2,1-2H3,(H,26,29). The van der Waals surface area contributed by atoms with Gasteiger partial charge in [0.05, 0.1) is 18.1 Å². The number of benzene rings is 2. The summed E-state index contributed by atoms with van der Waals surface area (Å²) in [6.45, 7) is 5.91. The number of nitrogens with zero attached hydrogens (tertiary/aromatic N) is 2. The molecule has 1 N–H and O–H groups in total. The second-order valence-electron chi connectivity index (χ2n) is 7.77. The number of methoxy groups -OCH3 is 1. The summed E-state index contributed by atoms with van der Waals surface area (Å²) in [5.41, 5.74) is 1.81. The molecule has 1 unspecified atom stereocenters. The van der Waals surface area contributed by atoms with Crippen LogP contribution in [0.3, 0.4) is 0 Å². The maximum absolute atomic E-state index is 12.9. The number of amides is 2. The van der Waals surface area contributed by atoms with Crippen LogP contribution in [0.4, 0.5) is 10.1 Å². The minimum atomic E-state index is -0.350. The second kappa shape index (κ2) is 11.9. The van der Waals surface area contributed by atoms with Crippen LogP contribution in [0.25, 0.3) is 0 Å². The number of carbonyl (C=O) groups is 2. The number of rotatable bonds is 9. The van der Waals surface area contributed by atoms with Gasteiger partial charge < -0.3 is 15.0 Å². The van der Waals surface area contributed by atoms with E-state index in [2.05, 4.69) is 22.3 Å². The average molecular weight is 460 g/mol. The molecule has 0 radical (unpaired) electrons. The van der Waals surface area contributed by atoms with Crippen molar-refractivity contribution in [2.24, 2.45) is 0 Å². The molecule has 1 saturated heterocycles. The van der Waals surface area contributed by atoms with Gasteiger partial charge >= 0.3 is 0 Å². The Hall–Kier alpha value is -2.58. The number of carbonyl (C=O) groups excluding carboxylic acids is 2. The van der Waals surface area contributed by atoms with Gasteiger partial charge in [0.2, 0.25) is 11.8 Å². The predicted octanol–water partition coefficient (Wildman–Crippen LogP) is 3.28. The first-order valence-electron chi connectivity index (χ1n) is 10.8. The van der Waals surface area contributed by atoms with E-state index in [-0.39, 0.29) is 28.6 Å². The summed E-state index contributed by atoms with van der Waals surface area (Å²) in [5, 5.41) is 2.43. The summed E-state index contributed by atoms with van der Waals surface area (Å²) in [6.07, 6.45) is 0.966. The Morgan fingerprint density at radius 1 is 1.06 bits per heavy atom. The Morgan fingerprint density at radius 2 is 1.72 bits per heavy atom. The van der Waals surface area contributed by atoms with Crippen molar-refractivity contribution in [2.45, 2.75) is 18.6 Å². The third kappa shape index (κ3) is 7.24. The normalized spacial score (nSPS) is 15.3. The summed E-state index contributed by atoms with van der Waals surface area (Å²) >= 11 is 1.32. The maximum Gasteiger partial charge on any atom is 0.235 e. The summed E-state index contributed by atoms with van der Waals surface area (Å²) < 4.78 is 18.1. The molecule has 8 heteroatoms. The molecule has 172 valence electrons. The molecule has 2 aromatic rings. The molecule has 1 fully saturated rings. The van der Waals surface area contributed by atoms with Crippen LogP contribution in [0.2, 0.25) is 0 Å². The molecule has 1 heterocycles. The van der Waals surface area contributed by atoms with Crippen molar-refractivity contribution in [2.75, 3.05) is 50.9 Å². The second-order valence-corrected chi connectivity index (χ2v) is 9.10. The van der Waals surface area contributed by atoms with Crippen molar-refractivity contribution < 1.29 is 18.7 Å². The third-order valence-electron chi connectivity index (χ3n) is 5.50. The highest BCUT2D eigenvalue weighted by Crippen LogP contribution is 2.17. The first-order chi connectivity index (χ1) is 15.4. The summed E-state index contributed by atoms with van der Waals surface area (Å²) in [7, 11) is 1.66. The molecule has 0 aliphatic carbocycles. The molecule has 0 spiro atoms. The summed E-state index contributed by atoms with van der Waals surface area (Å²) in [4.78, 5) is 29.1. The van der Waals surface area contributed by atoms with Crippen LogP contribution in [0.5, 0.6) is 5.75 Å². The molecular formula is C24H30FN3O3S. The molecular weight excluding hydrogens is 429 g/mol. The molecule has 6 nitrogen and oxygen atoms in total. The molecule has 2 amide bonds. The lowest BCUT2D eigenvalue weighted by Crippen LogP contribution is -2.51. The van der Waals surface area contributed by atoms with Crippen LogP contribution in [0, 0.1) is 5.82 Å². The van der Waals surface area contributed by atoms with Gasteiger partial charge in [0.25, 0.3) is 0 Å². The highest BCUT2D eigenvalue weighted by atomic mass is 32.2. The highest BCUT2D eigenvalue weighted by molar-refractivity contribution is 8.01. The topological polar surface area (TPSA) is 61.9 Å². The zero-order valence-corrected chi connectivity index (χ0v) is 19.4. The number of hydrogen-bond donors (Lipinski definition) is 1. The van der Waals surface area contributed by atoms with E-state index in [0.717, 1.165) is 31.8 Å². The molecule has 1 atom stereocenters. The average Bonchev–Trinajstić information content (AvgIpc) is 2.83. The van der Waals surface area contributed by atoms with E-state index in [1.165, 1.54) is 41.6 Å². The van der Waals surface area contributed by atoms with Gasteiger partial charge in [0, 0.05) is 38.4 Å². The number of halogens is 1. The van der Waals surface area contributed by atoms with Crippen LogP contribution >= 0.6 is 11.8 Å². The number of thioether (sulfide) groups is 1. The zero-order valence-electron chi connectivity index (χ0n) is 18.6. The molecule has 32 heavy (non-hydrogen) atoms. The lowest BCUT2D eigenvalue weighted by molar-refractivity contribution is -0.132. The smallest absolute Gasteiger partial charge is 0.235 e. The van der Waals surface area contributed by atoms with E-state index >= 15 is 0 Å². The first kappa shape index (κ1) is 24.1. The third-order valence-corrected chi connectivity index (χ3v) is 6.63. The Morgan fingerprint density at radius 3 is 2.34 bits per heavy atom. The van der Waals surface area contributed by atoms with Gasteiger partial charge in [-0.2, -0.15) is 0 Å². The Kier molecular flexibility index (Phi) is 8.93. The molecule has 0 aromatic heterocycles. The summed E-state index contributed by atoms with van der Waals surface area (Å²) in [5.74, 6) is 0.550. The van der Waals surface area contributed by atoms with Gasteiger partial charge in [-0.3, -0.25) is 14.5 Å². The summed E-state index contributed by atoms with van der Waals surface area (Å²) in [6, 6.07) is 13.8. The van der Waals surface area contributed by atoms with E-state index in [4.69, 9.17) is 4.74 Å². The van der Waals surface area contributed by atoms with Gasteiger partial charge in [-0.25, -0.2) is 4.39 Å². The SMILES string of the molecule is COc1ccc(CCN2CCN(C(=O)C(C)SCC(=O)Nc3ccc(F)cc3)CC2)cc1. The van der Waals surface area contributed by atoms with Gasteiger partial charge in [-0.15, -0.1) is 11.8 Å². The molecule has 0 saturated carbocycles. The minimum absolute atomic E-state index is 0.0689. The number of piperazine rings is 1. The fraction of sp³-hybridized carbons (Fsp3) is 0.417. The predicted molar refractivity (Wildman–Crippen MR) is 127 cm³/mol. The van der Waals surface area contributed by atoms with Crippen LogP contribution in [-0.4, -0.2) is 72.5 Å². The van der Waals surface area contributed by atoms with Crippen LogP contribution in [-0.2, 0) is 16.0 Å². The van der Waals surface area contributed by atoms with Gasteiger partial charge in [-0.05, 0) is 55.3 Å². The minimum Gasteiger partial charge on any atom is -0.497 e.